The van der Waals surface area contributed by atoms with Gasteiger partial charge in [-0.1, -0.05) is 17.7 Å². The summed E-state index contributed by atoms with van der Waals surface area (Å²) in [5.41, 5.74) is 1.50. The first-order chi connectivity index (χ1) is 9.58. The Morgan fingerprint density at radius 3 is 2.85 bits per heavy atom. The number of carbonyl (C=O) groups is 1. The molecule has 0 atom stereocenters. The molecule has 0 fully saturated rings. The van der Waals surface area contributed by atoms with E-state index in [0.29, 0.717) is 11.5 Å². The van der Waals surface area contributed by atoms with E-state index in [4.69, 9.17) is 4.74 Å². The molecule has 5 nitrogen and oxygen atoms in total. The zero-order valence-corrected chi connectivity index (χ0v) is 12.6. The summed E-state index contributed by atoms with van der Waals surface area (Å²) in [6, 6.07) is 3.00. The minimum atomic E-state index is -0.181. The van der Waals surface area contributed by atoms with Gasteiger partial charge in [0.2, 0.25) is 5.90 Å². The van der Waals surface area contributed by atoms with E-state index in [9.17, 15) is 4.79 Å². The third-order valence-electron chi connectivity index (χ3n) is 2.73. The van der Waals surface area contributed by atoms with Crippen molar-refractivity contribution in [2.45, 2.75) is 13.8 Å². The molecule has 2 aliphatic heterocycles. The molecule has 1 amide bonds. The predicted molar refractivity (Wildman–Crippen MR) is 80.0 cm³/mol. The van der Waals surface area contributed by atoms with E-state index < -0.39 is 0 Å². The first kappa shape index (κ1) is 14.3. The first-order valence-corrected chi connectivity index (χ1v) is 6.85. The molecule has 0 unspecified atom stereocenters. The van der Waals surface area contributed by atoms with Crippen LogP contribution in [0.3, 0.4) is 0 Å². The second-order valence-electron chi connectivity index (χ2n) is 4.10. The molecule has 0 bridgehead atoms. The number of ether oxygens (including phenoxy) is 1. The van der Waals surface area contributed by atoms with Crippen molar-refractivity contribution in [2.24, 2.45) is 5.10 Å². The van der Waals surface area contributed by atoms with Gasteiger partial charge in [0.05, 0.1) is 12.1 Å². The van der Waals surface area contributed by atoms with Crippen molar-refractivity contribution >= 4 is 23.6 Å². The molecule has 0 aromatic heterocycles. The summed E-state index contributed by atoms with van der Waals surface area (Å²) < 4.78 is 5.10. The molecule has 2 heterocycles. The van der Waals surface area contributed by atoms with Crippen LogP contribution in [0.25, 0.3) is 0 Å². The molecule has 6 heteroatoms. The van der Waals surface area contributed by atoms with Crippen LogP contribution in [-0.2, 0) is 9.53 Å². The van der Waals surface area contributed by atoms with Gasteiger partial charge in [-0.15, -0.1) is 5.10 Å². The van der Waals surface area contributed by atoms with Crippen LogP contribution in [0, 0.1) is 12.0 Å². The van der Waals surface area contributed by atoms with Crippen molar-refractivity contribution in [2.75, 3.05) is 14.2 Å². The van der Waals surface area contributed by atoms with Crippen LogP contribution >= 0.6 is 11.8 Å². The van der Waals surface area contributed by atoms with Crippen LogP contribution in [0.5, 0.6) is 0 Å². The van der Waals surface area contributed by atoms with Crippen molar-refractivity contribution in [3.8, 4) is 12.0 Å². The molecule has 0 aromatic carbocycles. The highest BCUT2D eigenvalue weighted by atomic mass is 32.2. The highest BCUT2D eigenvalue weighted by molar-refractivity contribution is 8.06. The lowest BCUT2D eigenvalue weighted by atomic mass is 10.2. The summed E-state index contributed by atoms with van der Waals surface area (Å²) in [5, 5.41) is 8.23. The highest BCUT2D eigenvalue weighted by Crippen LogP contribution is 2.33. The summed E-state index contributed by atoms with van der Waals surface area (Å²) in [5.74, 6) is 3.02. The van der Waals surface area contributed by atoms with E-state index in [2.05, 4.69) is 17.1 Å². The van der Waals surface area contributed by atoms with Gasteiger partial charge in [-0.2, -0.15) is 0 Å². The highest BCUT2D eigenvalue weighted by Gasteiger charge is 2.28. The van der Waals surface area contributed by atoms with Crippen molar-refractivity contribution in [3.63, 3.8) is 0 Å². The molecule has 0 aliphatic carbocycles. The lowest BCUT2D eigenvalue weighted by Crippen LogP contribution is -2.17. The maximum absolute atomic E-state index is 11.9. The minimum absolute atomic E-state index is 0.181. The molecule has 0 N–H and O–H groups in total. The summed E-state index contributed by atoms with van der Waals surface area (Å²) in [7, 11) is 3.09. The summed E-state index contributed by atoms with van der Waals surface area (Å²) >= 11 is 1.57. The Balaban J connectivity index is 2.28. The topological polar surface area (TPSA) is 45.1 Å². The largest absolute Gasteiger partial charge is 0.479 e. The van der Waals surface area contributed by atoms with Gasteiger partial charge in [0.25, 0.3) is 5.91 Å². The Hall–Kier alpha value is -2.13. The number of likely N-dealkylation sites (N-methyl/N-ethyl adjacent to an activating group) is 1. The smallest absolute Gasteiger partial charge is 0.279 e. The molecule has 2 aliphatic rings. The number of nitrogens with zero attached hydrogens (tertiary/aromatic N) is 3. The number of allylic oxidation sites excluding steroid dienone is 3. The van der Waals surface area contributed by atoms with E-state index in [1.54, 1.807) is 31.8 Å². The average Bonchev–Trinajstić information content (AvgIpc) is 2.91. The quantitative estimate of drug-likeness (QED) is 0.547. The summed E-state index contributed by atoms with van der Waals surface area (Å²) in [6.45, 7) is 3.78. The molecule has 0 aromatic rings. The van der Waals surface area contributed by atoms with Gasteiger partial charge >= 0.3 is 0 Å². The van der Waals surface area contributed by atoms with Gasteiger partial charge in [-0.3, -0.25) is 9.69 Å². The third kappa shape index (κ3) is 2.58. The van der Waals surface area contributed by atoms with Crippen LogP contribution in [-0.4, -0.2) is 35.9 Å². The van der Waals surface area contributed by atoms with Crippen LogP contribution < -0.4 is 0 Å². The fourth-order valence-corrected chi connectivity index (χ4v) is 2.58. The molecular weight excluding hydrogens is 274 g/mol. The fraction of sp³-hybridized carbons (Fsp3) is 0.286. The number of methoxy groups -OCH3 is 1. The summed E-state index contributed by atoms with van der Waals surface area (Å²) in [4.78, 5) is 13.8. The van der Waals surface area contributed by atoms with E-state index >= 15 is 0 Å². The Morgan fingerprint density at radius 2 is 2.20 bits per heavy atom. The van der Waals surface area contributed by atoms with E-state index in [0.717, 1.165) is 10.7 Å². The van der Waals surface area contributed by atoms with Gasteiger partial charge in [0.1, 0.15) is 5.57 Å². The molecule has 2 rings (SSSR count). The van der Waals surface area contributed by atoms with E-state index in [-0.39, 0.29) is 5.91 Å². The van der Waals surface area contributed by atoms with Crippen molar-refractivity contribution in [1.82, 2.24) is 9.91 Å². The van der Waals surface area contributed by atoms with Crippen molar-refractivity contribution in [3.05, 3.63) is 33.9 Å². The van der Waals surface area contributed by atoms with Gasteiger partial charge in [-0.05, 0) is 31.4 Å². The number of hydrogen-bond acceptors (Lipinski definition) is 5. The van der Waals surface area contributed by atoms with Crippen LogP contribution in [0.4, 0.5) is 0 Å². The Labute approximate surface area is 122 Å². The Kier molecular flexibility index (Phi) is 4.20. The van der Waals surface area contributed by atoms with Gasteiger partial charge in [-0.25, -0.2) is 5.01 Å². The normalized spacial score (nSPS) is 22.1. The monoisotopic (exact) mass is 289 g/mol. The van der Waals surface area contributed by atoms with Gasteiger partial charge < -0.3 is 4.74 Å². The number of hydrogen-bond donors (Lipinski definition) is 0. The Morgan fingerprint density at radius 1 is 1.45 bits per heavy atom. The average molecular weight is 289 g/mol. The Bertz CT molecular complexity index is 620. The molecule has 0 saturated heterocycles. The lowest BCUT2D eigenvalue weighted by molar-refractivity contribution is -0.124. The third-order valence-corrected chi connectivity index (χ3v) is 3.75. The number of thioether (sulfide) groups is 1. The standard InChI is InChI=1S/C14H15N3O2S/c1-5-8-17-10(2)9-20-12(17)7-6-11-13(19-4)15-16(3)14(11)18/h6-7,9H,1-4H3/b11-6+,12-7+. The van der Waals surface area contributed by atoms with Crippen LogP contribution in [0.1, 0.15) is 13.8 Å². The van der Waals surface area contributed by atoms with E-state index in [1.165, 1.54) is 12.1 Å². The zero-order chi connectivity index (χ0) is 14.7. The molecular formula is C14H15N3O2S. The SMILES string of the molecule is CC#CN1C(C)=CS/C1=C/C=C1/C(=O)N(C)N=C1OC. The lowest BCUT2D eigenvalue weighted by Gasteiger charge is -2.12. The number of amides is 1. The number of carbonyl (C=O) groups excluding carboxylic acids is 1. The fourth-order valence-electron chi connectivity index (χ4n) is 1.74. The van der Waals surface area contributed by atoms with Crippen molar-refractivity contribution in [1.29, 1.82) is 0 Å². The maximum atomic E-state index is 11.9. The second-order valence-corrected chi connectivity index (χ2v) is 4.99. The molecule has 0 radical (unpaired) electrons. The first-order valence-electron chi connectivity index (χ1n) is 5.97. The molecule has 0 spiro atoms. The number of hydrazone groups is 1. The van der Waals surface area contributed by atoms with Gasteiger partial charge in [0.15, 0.2) is 0 Å². The van der Waals surface area contributed by atoms with Gasteiger partial charge in [0, 0.05) is 18.8 Å². The zero-order valence-electron chi connectivity index (χ0n) is 11.8. The molecule has 104 valence electrons. The maximum Gasteiger partial charge on any atom is 0.279 e. The molecule has 0 saturated carbocycles. The van der Waals surface area contributed by atoms with Crippen molar-refractivity contribution < 1.29 is 9.53 Å². The second kappa shape index (κ2) is 5.88. The molecule has 20 heavy (non-hydrogen) atoms. The van der Waals surface area contributed by atoms with Crippen LogP contribution in [0.15, 0.2) is 39.0 Å². The van der Waals surface area contributed by atoms with E-state index in [1.807, 2.05) is 23.3 Å². The summed E-state index contributed by atoms with van der Waals surface area (Å²) in [6.07, 6.45) is 3.57. The van der Waals surface area contributed by atoms with Crippen LogP contribution in [0.2, 0.25) is 0 Å². The number of rotatable bonds is 1. The minimum Gasteiger partial charge on any atom is -0.479 e. The predicted octanol–water partition coefficient (Wildman–Crippen LogP) is 2.08.